The Bertz CT molecular complexity index is 1230. The van der Waals surface area contributed by atoms with Crippen LogP contribution in [-0.4, -0.2) is 31.7 Å². The van der Waals surface area contributed by atoms with Crippen LogP contribution in [0.15, 0.2) is 65.3 Å². The summed E-state index contributed by atoms with van der Waals surface area (Å²) in [5.41, 5.74) is 2.80. The number of hydrogen-bond donors (Lipinski definition) is 2. The topological polar surface area (TPSA) is 140 Å². The van der Waals surface area contributed by atoms with Gasteiger partial charge in [-0.25, -0.2) is 10.4 Å². The molecule has 0 unspecified atom stereocenters. The maximum Gasteiger partial charge on any atom is 0.270 e. The number of nitro benzene ring substituents is 1. The molecule has 0 atom stereocenters. The largest absolute Gasteiger partial charge is 0.507 e. The molecule has 3 aromatic rings. The number of nitrogens with zero attached hydrogens (tertiary/aromatic N) is 4. The highest BCUT2D eigenvalue weighted by Crippen LogP contribution is 2.21. The normalized spacial score (nSPS) is 10.9. The zero-order valence-electron chi connectivity index (χ0n) is 15.7. The van der Waals surface area contributed by atoms with Gasteiger partial charge in [-0.3, -0.25) is 24.3 Å². The van der Waals surface area contributed by atoms with E-state index >= 15 is 0 Å². The molecule has 1 aromatic heterocycles. The molecule has 10 heteroatoms. The van der Waals surface area contributed by atoms with Crippen LogP contribution in [0.3, 0.4) is 0 Å². The number of allylic oxidation sites excluding steroid dienone is 1. The molecule has 0 radical (unpaired) electrons. The van der Waals surface area contributed by atoms with Crippen LogP contribution in [0, 0.1) is 10.1 Å². The number of amides is 1. The van der Waals surface area contributed by atoms with E-state index in [2.05, 4.69) is 22.1 Å². The van der Waals surface area contributed by atoms with Crippen LogP contribution in [-0.2, 0) is 17.8 Å². The molecular formula is C20H17N5O5. The van der Waals surface area contributed by atoms with Crippen molar-refractivity contribution in [3.63, 3.8) is 0 Å². The molecule has 2 N–H and O–H groups in total. The third-order valence-corrected chi connectivity index (χ3v) is 4.24. The number of carbonyl (C=O) groups is 1. The molecule has 30 heavy (non-hydrogen) atoms. The number of para-hydroxylation sites is 1. The predicted molar refractivity (Wildman–Crippen MR) is 110 cm³/mol. The van der Waals surface area contributed by atoms with Crippen LogP contribution in [0.2, 0.25) is 0 Å². The SMILES string of the molecule is C=CCc1cccc(/C=N/NC(=O)Cn2cnc3ccc([N+](=O)[O-])cc3c2=O)c1O. The summed E-state index contributed by atoms with van der Waals surface area (Å²) in [4.78, 5) is 39.0. The van der Waals surface area contributed by atoms with Crippen molar-refractivity contribution in [1.82, 2.24) is 15.0 Å². The molecule has 0 aliphatic heterocycles. The van der Waals surface area contributed by atoms with Gasteiger partial charge in [0.25, 0.3) is 17.2 Å². The highest BCUT2D eigenvalue weighted by Gasteiger charge is 2.12. The van der Waals surface area contributed by atoms with Gasteiger partial charge < -0.3 is 5.11 Å². The van der Waals surface area contributed by atoms with Crippen molar-refractivity contribution >= 4 is 28.7 Å². The van der Waals surface area contributed by atoms with Gasteiger partial charge in [0.05, 0.1) is 28.4 Å². The maximum absolute atomic E-state index is 12.5. The lowest BCUT2D eigenvalue weighted by atomic mass is 10.1. The van der Waals surface area contributed by atoms with Gasteiger partial charge in [0, 0.05) is 17.7 Å². The molecule has 152 valence electrons. The van der Waals surface area contributed by atoms with Crippen molar-refractivity contribution in [3.8, 4) is 5.75 Å². The predicted octanol–water partition coefficient (Wildman–Crippen LogP) is 1.89. The number of aromatic nitrogens is 2. The zero-order valence-corrected chi connectivity index (χ0v) is 15.7. The number of rotatable bonds is 7. The Morgan fingerprint density at radius 3 is 2.90 bits per heavy atom. The third-order valence-electron chi connectivity index (χ3n) is 4.24. The van der Waals surface area contributed by atoms with Gasteiger partial charge in [0.2, 0.25) is 0 Å². The minimum atomic E-state index is -0.614. The first-order valence-corrected chi connectivity index (χ1v) is 8.78. The first-order valence-electron chi connectivity index (χ1n) is 8.78. The standard InChI is InChI=1S/C20H17N5O5/c1-2-4-13-5-3-6-14(19(13)27)10-22-23-18(26)11-24-12-21-17-8-7-15(25(29)30)9-16(17)20(24)28/h2-3,5-10,12,27H,1,4,11H2,(H,23,26)/b22-10+. The number of nitro groups is 1. The van der Waals surface area contributed by atoms with E-state index in [1.165, 1.54) is 24.7 Å². The van der Waals surface area contributed by atoms with Crippen molar-refractivity contribution in [2.45, 2.75) is 13.0 Å². The second-order valence-corrected chi connectivity index (χ2v) is 6.28. The number of carbonyl (C=O) groups excluding carboxylic acids is 1. The van der Waals surface area contributed by atoms with Crippen LogP contribution in [0.5, 0.6) is 5.75 Å². The number of hydrogen-bond acceptors (Lipinski definition) is 7. The van der Waals surface area contributed by atoms with Gasteiger partial charge in [-0.05, 0) is 24.1 Å². The third kappa shape index (κ3) is 4.38. The molecule has 2 aromatic carbocycles. The van der Waals surface area contributed by atoms with Crippen molar-refractivity contribution in [2.75, 3.05) is 0 Å². The highest BCUT2D eigenvalue weighted by atomic mass is 16.6. The molecule has 0 bridgehead atoms. The summed E-state index contributed by atoms with van der Waals surface area (Å²) < 4.78 is 1.03. The Kier molecular flexibility index (Phi) is 5.97. The molecule has 3 rings (SSSR count). The van der Waals surface area contributed by atoms with Crippen molar-refractivity contribution in [2.24, 2.45) is 5.10 Å². The quantitative estimate of drug-likeness (QED) is 0.265. The van der Waals surface area contributed by atoms with Gasteiger partial charge >= 0.3 is 0 Å². The summed E-state index contributed by atoms with van der Waals surface area (Å²) in [7, 11) is 0. The summed E-state index contributed by atoms with van der Waals surface area (Å²) in [6, 6.07) is 8.85. The Hall–Kier alpha value is -4.34. The van der Waals surface area contributed by atoms with Gasteiger partial charge in [-0.15, -0.1) is 6.58 Å². The summed E-state index contributed by atoms with van der Waals surface area (Å²) in [6.07, 6.45) is 4.60. The summed E-state index contributed by atoms with van der Waals surface area (Å²) in [5.74, 6) is -0.575. The Morgan fingerprint density at radius 2 is 2.17 bits per heavy atom. The van der Waals surface area contributed by atoms with Gasteiger partial charge in [-0.1, -0.05) is 18.2 Å². The molecule has 0 fully saturated rings. The fourth-order valence-corrected chi connectivity index (χ4v) is 2.77. The number of non-ortho nitro benzene ring substituents is 1. The molecule has 0 aliphatic rings. The first-order chi connectivity index (χ1) is 14.4. The van der Waals surface area contributed by atoms with Crippen molar-refractivity contribution in [3.05, 3.63) is 87.0 Å². The lowest BCUT2D eigenvalue weighted by molar-refractivity contribution is -0.384. The molecule has 0 spiro atoms. The van der Waals surface area contributed by atoms with Crippen LogP contribution in [0.25, 0.3) is 10.9 Å². The van der Waals surface area contributed by atoms with Crippen LogP contribution >= 0.6 is 0 Å². The molecule has 1 heterocycles. The van der Waals surface area contributed by atoms with Crippen molar-refractivity contribution in [1.29, 1.82) is 0 Å². The first kappa shape index (κ1) is 20.4. The summed E-state index contributed by atoms with van der Waals surface area (Å²) in [5, 5.41) is 24.9. The minimum Gasteiger partial charge on any atom is -0.507 e. The smallest absolute Gasteiger partial charge is 0.270 e. The van der Waals surface area contributed by atoms with Crippen LogP contribution in [0.1, 0.15) is 11.1 Å². The second-order valence-electron chi connectivity index (χ2n) is 6.28. The number of phenolic OH excluding ortho intramolecular Hbond substituents is 1. The maximum atomic E-state index is 12.5. The average molecular weight is 407 g/mol. The summed E-state index contributed by atoms with van der Waals surface area (Å²) >= 11 is 0. The highest BCUT2D eigenvalue weighted by molar-refractivity contribution is 5.86. The fourth-order valence-electron chi connectivity index (χ4n) is 2.77. The van der Waals surface area contributed by atoms with E-state index in [0.717, 1.165) is 10.6 Å². The Balaban J connectivity index is 1.74. The van der Waals surface area contributed by atoms with E-state index < -0.39 is 16.4 Å². The van der Waals surface area contributed by atoms with E-state index in [1.807, 2.05) is 0 Å². The van der Waals surface area contributed by atoms with Gasteiger partial charge in [0.1, 0.15) is 12.3 Å². The van der Waals surface area contributed by atoms with Gasteiger partial charge in [-0.2, -0.15) is 5.10 Å². The molecular weight excluding hydrogens is 390 g/mol. The number of benzene rings is 2. The zero-order chi connectivity index (χ0) is 21.7. The number of phenols is 1. The number of fused-ring (bicyclic) bond motifs is 1. The lowest BCUT2D eigenvalue weighted by Crippen LogP contribution is -2.30. The molecule has 0 saturated heterocycles. The van der Waals surface area contributed by atoms with E-state index in [4.69, 9.17) is 0 Å². The lowest BCUT2D eigenvalue weighted by Gasteiger charge is -2.06. The average Bonchev–Trinajstić information content (AvgIpc) is 2.72. The molecule has 0 saturated carbocycles. The van der Waals surface area contributed by atoms with E-state index in [9.17, 15) is 24.8 Å². The molecule has 0 aliphatic carbocycles. The summed E-state index contributed by atoms with van der Waals surface area (Å²) in [6.45, 7) is 3.24. The number of nitrogens with one attached hydrogen (secondary N) is 1. The molecule has 10 nitrogen and oxygen atoms in total. The van der Waals surface area contributed by atoms with Crippen LogP contribution < -0.4 is 11.0 Å². The Labute approximate surface area is 170 Å². The number of aromatic hydroxyl groups is 1. The number of hydrazone groups is 1. The molecule has 1 amide bonds. The van der Waals surface area contributed by atoms with Crippen LogP contribution in [0.4, 0.5) is 5.69 Å². The van der Waals surface area contributed by atoms with Crippen molar-refractivity contribution < 1.29 is 14.8 Å². The monoisotopic (exact) mass is 407 g/mol. The fraction of sp³-hybridized carbons (Fsp3) is 0.100. The van der Waals surface area contributed by atoms with E-state index in [1.54, 1.807) is 24.3 Å². The van der Waals surface area contributed by atoms with E-state index in [-0.39, 0.29) is 28.9 Å². The van der Waals surface area contributed by atoms with E-state index in [0.29, 0.717) is 17.5 Å². The minimum absolute atomic E-state index is 0.0342. The second kappa shape index (κ2) is 8.78. The van der Waals surface area contributed by atoms with Gasteiger partial charge in [0.15, 0.2) is 0 Å². The Morgan fingerprint density at radius 1 is 1.37 bits per heavy atom.